The zero-order chi connectivity index (χ0) is 8.97. The summed E-state index contributed by atoms with van der Waals surface area (Å²) in [5.74, 6) is 0. The summed E-state index contributed by atoms with van der Waals surface area (Å²) in [5, 5.41) is 0. The van der Waals surface area contributed by atoms with Crippen LogP contribution in [0.2, 0.25) is 0 Å². The maximum atomic E-state index is 5.45. The van der Waals surface area contributed by atoms with Gasteiger partial charge in [0.15, 0.2) is 0 Å². The molecule has 0 aliphatic heterocycles. The van der Waals surface area contributed by atoms with Gasteiger partial charge in [0.1, 0.15) is 0 Å². The molecule has 0 spiro atoms. The van der Waals surface area contributed by atoms with E-state index < -0.39 is 0 Å². The molecule has 0 aliphatic rings. The van der Waals surface area contributed by atoms with Crippen LogP contribution >= 0.6 is 0 Å². The molecular formula is C10H16N2. The third kappa shape index (κ3) is 2.05. The molecule has 0 atom stereocenters. The number of pyridine rings is 1. The molecule has 1 rings (SSSR count). The van der Waals surface area contributed by atoms with Crippen LogP contribution < -0.4 is 5.73 Å². The van der Waals surface area contributed by atoms with Gasteiger partial charge in [-0.15, -0.1) is 0 Å². The van der Waals surface area contributed by atoms with Crippen molar-refractivity contribution in [1.29, 1.82) is 0 Å². The van der Waals surface area contributed by atoms with Crippen LogP contribution in [-0.4, -0.2) is 11.5 Å². The number of aryl methyl sites for hydroxylation is 2. The van der Waals surface area contributed by atoms with Crippen molar-refractivity contribution in [2.45, 2.75) is 26.7 Å². The second-order valence-corrected chi connectivity index (χ2v) is 3.07. The molecule has 66 valence electrons. The average molecular weight is 164 g/mol. The van der Waals surface area contributed by atoms with Gasteiger partial charge in [-0.2, -0.15) is 0 Å². The Kier molecular flexibility index (Phi) is 3.23. The van der Waals surface area contributed by atoms with Gasteiger partial charge in [-0.3, -0.25) is 4.98 Å². The molecule has 12 heavy (non-hydrogen) atoms. The molecule has 0 aliphatic carbocycles. The van der Waals surface area contributed by atoms with Crippen molar-refractivity contribution < 1.29 is 0 Å². The zero-order valence-electron chi connectivity index (χ0n) is 7.80. The van der Waals surface area contributed by atoms with Crippen LogP contribution in [0.1, 0.15) is 23.2 Å². The lowest BCUT2D eigenvalue weighted by Crippen LogP contribution is -2.02. The van der Waals surface area contributed by atoms with Gasteiger partial charge in [-0.1, -0.05) is 0 Å². The van der Waals surface area contributed by atoms with E-state index in [1.165, 1.54) is 11.1 Å². The number of hydrogen-bond donors (Lipinski definition) is 1. The number of rotatable bonds is 3. The zero-order valence-corrected chi connectivity index (χ0v) is 7.80. The number of aromatic nitrogens is 1. The molecule has 0 fully saturated rings. The number of nitrogens with zero attached hydrogens (tertiary/aromatic N) is 1. The fraction of sp³-hybridized carbons (Fsp3) is 0.500. The van der Waals surface area contributed by atoms with Crippen LogP contribution in [0.4, 0.5) is 0 Å². The molecule has 1 aromatic rings. The van der Waals surface area contributed by atoms with E-state index in [1.807, 2.05) is 13.1 Å². The maximum absolute atomic E-state index is 5.45. The topological polar surface area (TPSA) is 38.9 Å². The van der Waals surface area contributed by atoms with E-state index in [-0.39, 0.29) is 0 Å². The van der Waals surface area contributed by atoms with Crippen molar-refractivity contribution in [2.24, 2.45) is 5.73 Å². The predicted octanol–water partition coefficient (Wildman–Crippen LogP) is 1.59. The van der Waals surface area contributed by atoms with Gasteiger partial charge in [-0.25, -0.2) is 0 Å². The highest BCUT2D eigenvalue weighted by Crippen LogP contribution is 2.11. The van der Waals surface area contributed by atoms with Crippen molar-refractivity contribution in [3.05, 3.63) is 29.1 Å². The summed E-state index contributed by atoms with van der Waals surface area (Å²) in [6.07, 6.45) is 4.00. The summed E-state index contributed by atoms with van der Waals surface area (Å²) in [4.78, 5) is 4.22. The van der Waals surface area contributed by atoms with Crippen LogP contribution in [-0.2, 0) is 6.42 Å². The minimum absolute atomic E-state index is 0.765. The smallest absolute Gasteiger partial charge is 0.0404 e. The first-order valence-electron chi connectivity index (χ1n) is 4.37. The fourth-order valence-corrected chi connectivity index (χ4v) is 1.26. The van der Waals surface area contributed by atoms with E-state index in [1.54, 1.807) is 0 Å². The Morgan fingerprint density at radius 3 is 2.83 bits per heavy atom. The Labute approximate surface area is 73.8 Å². The first-order valence-corrected chi connectivity index (χ1v) is 4.37. The number of hydrogen-bond acceptors (Lipinski definition) is 2. The summed E-state index contributed by atoms with van der Waals surface area (Å²) in [6, 6.07) is 2.08. The normalized spacial score (nSPS) is 10.2. The highest BCUT2D eigenvalue weighted by atomic mass is 14.7. The highest BCUT2D eigenvalue weighted by Gasteiger charge is 1.99. The van der Waals surface area contributed by atoms with Gasteiger partial charge in [0.05, 0.1) is 0 Å². The van der Waals surface area contributed by atoms with Crippen LogP contribution in [0.25, 0.3) is 0 Å². The van der Waals surface area contributed by atoms with Crippen LogP contribution in [0, 0.1) is 13.8 Å². The standard InChI is InChI=1S/C10H16N2/c1-8-9(2)12-7-5-10(8)4-3-6-11/h5,7H,3-4,6,11H2,1-2H3. The minimum Gasteiger partial charge on any atom is -0.330 e. The van der Waals surface area contributed by atoms with Gasteiger partial charge in [0.25, 0.3) is 0 Å². The molecule has 2 N–H and O–H groups in total. The molecular weight excluding hydrogens is 148 g/mol. The Balaban J connectivity index is 2.78. The summed E-state index contributed by atoms with van der Waals surface area (Å²) in [6.45, 7) is 4.93. The summed E-state index contributed by atoms with van der Waals surface area (Å²) < 4.78 is 0. The third-order valence-corrected chi connectivity index (χ3v) is 2.22. The second kappa shape index (κ2) is 4.21. The second-order valence-electron chi connectivity index (χ2n) is 3.07. The van der Waals surface area contributed by atoms with Gasteiger partial charge in [0.2, 0.25) is 0 Å². The average Bonchev–Trinajstić information content (AvgIpc) is 2.08. The van der Waals surface area contributed by atoms with E-state index in [0.29, 0.717) is 0 Å². The van der Waals surface area contributed by atoms with Crippen molar-refractivity contribution in [1.82, 2.24) is 4.98 Å². The Morgan fingerprint density at radius 2 is 2.17 bits per heavy atom. The molecule has 0 saturated carbocycles. The van der Waals surface area contributed by atoms with Crippen LogP contribution in [0.15, 0.2) is 12.3 Å². The van der Waals surface area contributed by atoms with Crippen molar-refractivity contribution in [3.8, 4) is 0 Å². The maximum Gasteiger partial charge on any atom is 0.0404 e. The lowest BCUT2D eigenvalue weighted by Gasteiger charge is -2.06. The molecule has 0 unspecified atom stereocenters. The van der Waals surface area contributed by atoms with E-state index >= 15 is 0 Å². The molecule has 0 aromatic carbocycles. The Hall–Kier alpha value is -0.890. The molecule has 0 amide bonds. The van der Waals surface area contributed by atoms with Gasteiger partial charge >= 0.3 is 0 Å². The first kappa shape index (κ1) is 9.20. The molecule has 1 aromatic heterocycles. The molecule has 0 bridgehead atoms. The fourth-order valence-electron chi connectivity index (χ4n) is 1.26. The largest absolute Gasteiger partial charge is 0.330 e. The van der Waals surface area contributed by atoms with Gasteiger partial charge < -0.3 is 5.73 Å². The summed E-state index contributed by atoms with van der Waals surface area (Å²) >= 11 is 0. The summed E-state index contributed by atoms with van der Waals surface area (Å²) in [7, 11) is 0. The highest BCUT2D eigenvalue weighted by molar-refractivity contribution is 5.27. The lowest BCUT2D eigenvalue weighted by molar-refractivity contribution is 0.823. The Bertz CT molecular complexity index is 256. The number of nitrogens with two attached hydrogens (primary N) is 1. The molecule has 2 heteroatoms. The van der Waals surface area contributed by atoms with Crippen LogP contribution in [0.3, 0.4) is 0 Å². The van der Waals surface area contributed by atoms with Crippen LogP contribution in [0.5, 0.6) is 0 Å². The van der Waals surface area contributed by atoms with E-state index in [2.05, 4.69) is 18.0 Å². The van der Waals surface area contributed by atoms with Crippen molar-refractivity contribution >= 4 is 0 Å². The third-order valence-electron chi connectivity index (χ3n) is 2.22. The van der Waals surface area contributed by atoms with E-state index in [4.69, 9.17) is 5.73 Å². The van der Waals surface area contributed by atoms with Crippen molar-refractivity contribution in [2.75, 3.05) is 6.54 Å². The molecule has 2 nitrogen and oxygen atoms in total. The monoisotopic (exact) mass is 164 g/mol. The van der Waals surface area contributed by atoms with Crippen molar-refractivity contribution in [3.63, 3.8) is 0 Å². The SMILES string of the molecule is Cc1nccc(CCCN)c1C. The lowest BCUT2D eigenvalue weighted by atomic mass is 10.0. The quantitative estimate of drug-likeness (QED) is 0.736. The summed E-state index contributed by atoms with van der Waals surface area (Å²) in [5.41, 5.74) is 9.27. The first-order chi connectivity index (χ1) is 5.75. The van der Waals surface area contributed by atoms with E-state index in [9.17, 15) is 0 Å². The molecule has 0 radical (unpaired) electrons. The van der Waals surface area contributed by atoms with E-state index in [0.717, 1.165) is 25.1 Å². The predicted molar refractivity (Wildman–Crippen MR) is 51.1 cm³/mol. The minimum atomic E-state index is 0.765. The van der Waals surface area contributed by atoms with Gasteiger partial charge in [-0.05, 0) is 50.4 Å². The Morgan fingerprint density at radius 1 is 1.42 bits per heavy atom. The molecule has 1 heterocycles. The molecule has 0 saturated heterocycles. The van der Waals surface area contributed by atoms with Gasteiger partial charge in [0, 0.05) is 11.9 Å².